The molecule has 2 N–H and O–H groups in total. The number of aryl methyl sites for hydroxylation is 1. The van der Waals surface area contributed by atoms with Crippen LogP contribution >= 0.6 is 46.3 Å². The van der Waals surface area contributed by atoms with Gasteiger partial charge in [-0.1, -0.05) is 48.8 Å². The summed E-state index contributed by atoms with van der Waals surface area (Å²) in [6, 6.07) is 4.29. The Kier molecular flexibility index (Phi) is 10.7. The minimum absolute atomic E-state index is 0.00327. The summed E-state index contributed by atoms with van der Waals surface area (Å²) in [5.74, 6) is -0.284. The molecule has 3 aromatic rings. The summed E-state index contributed by atoms with van der Waals surface area (Å²) in [6.07, 6.45) is 3.79. The number of anilines is 1. The van der Waals surface area contributed by atoms with E-state index in [-0.39, 0.29) is 30.1 Å². The van der Waals surface area contributed by atoms with E-state index in [1.807, 2.05) is 25.3 Å². The highest BCUT2D eigenvalue weighted by molar-refractivity contribution is 7.99. The van der Waals surface area contributed by atoms with Crippen LogP contribution in [-0.2, 0) is 28.9 Å². The minimum atomic E-state index is -0.433. The first-order chi connectivity index (χ1) is 19.6. The summed E-state index contributed by atoms with van der Waals surface area (Å²) in [5, 5.41) is 16.5. The number of aromatic nitrogens is 3. The predicted molar refractivity (Wildman–Crippen MR) is 163 cm³/mol. The minimum Gasteiger partial charge on any atom is -0.462 e. The summed E-state index contributed by atoms with van der Waals surface area (Å²) >= 11 is 14.8. The van der Waals surface area contributed by atoms with Crippen molar-refractivity contribution in [2.24, 2.45) is 5.92 Å². The quantitative estimate of drug-likeness (QED) is 0.180. The van der Waals surface area contributed by atoms with Crippen LogP contribution in [-0.4, -0.2) is 44.9 Å². The van der Waals surface area contributed by atoms with Crippen molar-refractivity contribution in [1.82, 2.24) is 20.1 Å². The van der Waals surface area contributed by atoms with E-state index in [2.05, 4.69) is 20.8 Å². The van der Waals surface area contributed by atoms with E-state index >= 15 is 0 Å². The average molecular weight is 639 g/mol. The first-order valence-electron chi connectivity index (χ1n) is 13.6. The lowest BCUT2D eigenvalue weighted by molar-refractivity contribution is -0.113. The Hall–Kier alpha value is -2.60. The Morgan fingerprint density at radius 1 is 1.12 bits per heavy atom. The van der Waals surface area contributed by atoms with Gasteiger partial charge in [-0.2, -0.15) is 0 Å². The molecule has 2 aromatic heterocycles. The summed E-state index contributed by atoms with van der Waals surface area (Å²) in [7, 11) is 0. The fourth-order valence-electron chi connectivity index (χ4n) is 4.69. The Balaban J connectivity index is 1.47. The third kappa shape index (κ3) is 7.25. The molecular weight excluding hydrogens is 605 g/mol. The van der Waals surface area contributed by atoms with Gasteiger partial charge in [-0.3, -0.25) is 9.59 Å². The van der Waals surface area contributed by atoms with Crippen LogP contribution in [0, 0.1) is 5.92 Å². The maximum Gasteiger partial charge on any atom is 0.341 e. The van der Waals surface area contributed by atoms with Crippen LogP contribution in [0.25, 0.3) is 0 Å². The van der Waals surface area contributed by atoms with Crippen molar-refractivity contribution < 1.29 is 19.1 Å². The van der Waals surface area contributed by atoms with Gasteiger partial charge < -0.3 is 19.9 Å². The van der Waals surface area contributed by atoms with E-state index in [1.165, 1.54) is 29.2 Å². The number of nitrogens with zero attached hydrogens (tertiary/aromatic N) is 3. The molecule has 0 bridgehead atoms. The summed E-state index contributed by atoms with van der Waals surface area (Å²) in [6.45, 7) is 8.51. The van der Waals surface area contributed by atoms with E-state index in [9.17, 15) is 14.4 Å². The lowest BCUT2D eigenvalue weighted by Crippen LogP contribution is -2.33. The summed E-state index contributed by atoms with van der Waals surface area (Å²) in [5.41, 5.74) is 1.87. The van der Waals surface area contributed by atoms with Crippen LogP contribution in [0.2, 0.25) is 10.0 Å². The van der Waals surface area contributed by atoms with Crippen molar-refractivity contribution in [2.45, 2.75) is 71.1 Å². The van der Waals surface area contributed by atoms with Crippen molar-refractivity contribution in [3.63, 3.8) is 0 Å². The Morgan fingerprint density at radius 3 is 2.56 bits per heavy atom. The van der Waals surface area contributed by atoms with Gasteiger partial charge >= 0.3 is 5.97 Å². The van der Waals surface area contributed by atoms with Crippen molar-refractivity contribution in [3.8, 4) is 0 Å². The van der Waals surface area contributed by atoms with Crippen molar-refractivity contribution in [3.05, 3.63) is 55.6 Å². The van der Waals surface area contributed by atoms with Gasteiger partial charge in [-0.25, -0.2) is 4.79 Å². The second kappa shape index (κ2) is 14.0. The molecule has 0 spiro atoms. The van der Waals surface area contributed by atoms with Gasteiger partial charge in [0.1, 0.15) is 5.00 Å². The Morgan fingerprint density at radius 2 is 1.88 bits per heavy atom. The van der Waals surface area contributed by atoms with Crippen LogP contribution in [0.15, 0.2) is 23.4 Å². The normalized spacial score (nSPS) is 13.5. The summed E-state index contributed by atoms with van der Waals surface area (Å²) < 4.78 is 7.19. The van der Waals surface area contributed by atoms with Crippen LogP contribution in [0.3, 0.4) is 0 Å². The van der Waals surface area contributed by atoms with Crippen LogP contribution in [0.1, 0.15) is 83.6 Å². The third-order valence-electron chi connectivity index (χ3n) is 6.71. The monoisotopic (exact) mass is 637 g/mol. The number of hydrogen-bond donors (Lipinski definition) is 2. The van der Waals surface area contributed by atoms with Gasteiger partial charge in [0.05, 0.1) is 34.0 Å². The number of carbonyl (C=O) groups excluding carboxylic acids is 3. The zero-order chi connectivity index (χ0) is 29.7. The number of halogens is 2. The van der Waals surface area contributed by atoms with Crippen molar-refractivity contribution in [2.75, 3.05) is 17.7 Å². The lowest BCUT2D eigenvalue weighted by Gasteiger charge is -2.22. The number of nitrogens with one attached hydrogen (secondary N) is 2. The number of carbonyl (C=O) groups is 3. The standard InChI is InChI=1S/C28H33Cl2N5O4S2/c1-5-35-24(23(15(3)4)32-25(37)16-11-12-18(29)19(30)13-16)33-34-28(35)40-14-21(36)31-26-22(27(38)39-6-2)17-9-7-8-10-20(17)41-26/h11-13,15,23H,5-10,14H2,1-4H3,(H,31,36)(H,32,37)/t23-/m0/s1. The Labute approximate surface area is 257 Å². The lowest BCUT2D eigenvalue weighted by atomic mass is 9.95. The fourth-order valence-corrected chi connectivity index (χ4v) is 7.09. The average Bonchev–Trinajstić information content (AvgIpc) is 3.52. The molecule has 41 heavy (non-hydrogen) atoms. The number of thioether (sulfide) groups is 1. The molecule has 0 unspecified atom stereocenters. The molecule has 0 radical (unpaired) electrons. The van der Waals surface area contributed by atoms with E-state index in [0.29, 0.717) is 43.7 Å². The van der Waals surface area contributed by atoms with Gasteiger partial charge in [0.2, 0.25) is 5.91 Å². The highest BCUT2D eigenvalue weighted by Crippen LogP contribution is 2.39. The number of thiophene rings is 1. The van der Waals surface area contributed by atoms with Crippen LogP contribution in [0.4, 0.5) is 5.00 Å². The topological polar surface area (TPSA) is 115 Å². The molecule has 220 valence electrons. The number of rotatable bonds is 11. The molecule has 1 atom stereocenters. The van der Waals surface area contributed by atoms with E-state index in [4.69, 9.17) is 27.9 Å². The zero-order valence-corrected chi connectivity index (χ0v) is 26.5. The number of amides is 2. The van der Waals surface area contributed by atoms with Crippen LogP contribution < -0.4 is 10.6 Å². The zero-order valence-electron chi connectivity index (χ0n) is 23.4. The van der Waals surface area contributed by atoms with E-state index < -0.39 is 12.0 Å². The molecule has 9 nitrogen and oxygen atoms in total. The van der Waals surface area contributed by atoms with Gasteiger partial charge in [-0.15, -0.1) is 21.5 Å². The van der Waals surface area contributed by atoms with Gasteiger partial charge in [0, 0.05) is 17.0 Å². The smallest absolute Gasteiger partial charge is 0.341 e. The number of benzene rings is 1. The molecule has 0 saturated heterocycles. The number of hydrogen-bond acceptors (Lipinski definition) is 8. The molecule has 2 heterocycles. The highest BCUT2D eigenvalue weighted by atomic mass is 35.5. The Bertz CT molecular complexity index is 1440. The SMILES string of the molecule is CCOC(=O)c1c(NC(=O)CSc2nnc([C@@H](NC(=O)c3ccc(Cl)c(Cl)c3)C(C)C)n2CC)sc2c1CCCC2. The van der Waals surface area contributed by atoms with Crippen molar-refractivity contribution >= 4 is 69.1 Å². The van der Waals surface area contributed by atoms with Crippen LogP contribution in [0.5, 0.6) is 0 Å². The molecular formula is C28H33Cl2N5O4S2. The molecule has 2 amide bonds. The first kappa shape index (κ1) is 31.3. The molecule has 4 rings (SSSR count). The molecule has 0 saturated carbocycles. The largest absolute Gasteiger partial charge is 0.462 e. The highest BCUT2D eigenvalue weighted by Gasteiger charge is 2.29. The second-order valence-electron chi connectivity index (χ2n) is 9.88. The van der Waals surface area contributed by atoms with E-state index in [0.717, 1.165) is 36.1 Å². The van der Waals surface area contributed by atoms with E-state index in [1.54, 1.807) is 19.1 Å². The van der Waals surface area contributed by atoms with Crippen molar-refractivity contribution in [1.29, 1.82) is 0 Å². The predicted octanol–water partition coefficient (Wildman–Crippen LogP) is 6.58. The summed E-state index contributed by atoms with van der Waals surface area (Å²) in [4.78, 5) is 39.9. The van der Waals surface area contributed by atoms with Gasteiger partial charge in [0.15, 0.2) is 11.0 Å². The molecule has 1 aromatic carbocycles. The third-order valence-corrected chi connectivity index (χ3v) is 9.62. The maximum absolute atomic E-state index is 13.0. The molecule has 0 fully saturated rings. The number of ether oxygens (including phenoxy) is 1. The molecule has 1 aliphatic carbocycles. The fraction of sp³-hybridized carbons (Fsp3) is 0.464. The first-order valence-corrected chi connectivity index (χ1v) is 16.1. The molecule has 1 aliphatic rings. The maximum atomic E-state index is 13.0. The number of esters is 1. The molecule has 0 aliphatic heterocycles. The second-order valence-corrected chi connectivity index (χ2v) is 12.7. The molecule has 13 heteroatoms. The van der Waals surface area contributed by atoms with Gasteiger partial charge in [0.25, 0.3) is 5.91 Å². The van der Waals surface area contributed by atoms with Gasteiger partial charge in [-0.05, 0) is 69.2 Å². The number of fused-ring (bicyclic) bond motifs is 1.